The van der Waals surface area contributed by atoms with Crippen molar-refractivity contribution >= 4 is 17.3 Å². The van der Waals surface area contributed by atoms with Crippen molar-refractivity contribution in [3.8, 4) is 0 Å². The van der Waals surface area contributed by atoms with E-state index in [1.165, 1.54) is 6.33 Å². The van der Waals surface area contributed by atoms with Crippen molar-refractivity contribution in [2.45, 2.75) is 52.0 Å². The topological polar surface area (TPSA) is 107 Å². The third-order valence-corrected chi connectivity index (χ3v) is 2.92. The van der Waals surface area contributed by atoms with Gasteiger partial charge >= 0.3 is 5.69 Å². The van der Waals surface area contributed by atoms with Crippen LogP contribution in [0.5, 0.6) is 0 Å². The van der Waals surface area contributed by atoms with Gasteiger partial charge in [-0.3, -0.25) is 10.1 Å². The monoisotopic (exact) mass is 267 g/mol. The molecule has 106 valence electrons. The van der Waals surface area contributed by atoms with Crippen molar-refractivity contribution < 1.29 is 4.92 Å². The largest absolute Gasteiger partial charge is 0.378 e. The van der Waals surface area contributed by atoms with E-state index in [9.17, 15) is 10.1 Å². The minimum absolute atomic E-state index is 0.103. The molecule has 1 aromatic heterocycles. The van der Waals surface area contributed by atoms with Gasteiger partial charge in [0.15, 0.2) is 0 Å². The maximum absolute atomic E-state index is 11.0. The van der Waals surface area contributed by atoms with Crippen LogP contribution in [0.25, 0.3) is 0 Å². The Morgan fingerprint density at radius 3 is 2.68 bits per heavy atom. The molecule has 7 nitrogen and oxygen atoms in total. The van der Waals surface area contributed by atoms with Gasteiger partial charge < -0.3 is 11.1 Å². The molecule has 0 saturated carbocycles. The Labute approximate surface area is 112 Å². The lowest BCUT2D eigenvalue weighted by Gasteiger charge is -2.18. The Morgan fingerprint density at radius 1 is 1.37 bits per heavy atom. The van der Waals surface area contributed by atoms with Crippen molar-refractivity contribution in [1.29, 1.82) is 0 Å². The van der Waals surface area contributed by atoms with Gasteiger partial charge in [-0.05, 0) is 12.8 Å². The molecular formula is C12H21N5O2. The second-order valence-electron chi connectivity index (χ2n) is 4.49. The summed E-state index contributed by atoms with van der Waals surface area (Å²) >= 11 is 0. The number of nitro groups is 1. The molecular weight excluding hydrogens is 246 g/mol. The number of unbranched alkanes of at least 4 members (excludes halogenated alkanes) is 1. The zero-order valence-electron chi connectivity index (χ0n) is 11.4. The van der Waals surface area contributed by atoms with E-state index in [0.29, 0.717) is 0 Å². The second-order valence-corrected chi connectivity index (χ2v) is 4.49. The van der Waals surface area contributed by atoms with Gasteiger partial charge in [0.2, 0.25) is 11.6 Å². The van der Waals surface area contributed by atoms with E-state index >= 15 is 0 Å². The Bertz CT molecular complexity index is 425. The first-order valence-corrected chi connectivity index (χ1v) is 6.61. The number of nitrogens with two attached hydrogens (primary N) is 1. The molecule has 0 aliphatic carbocycles. The maximum atomic E-state index is 11.0. The molecule has 7 heteroatoms. The van der Waals surface area contributed by atoms with E-state index < -0.39 is 4.92 Å². The first kappa shape index (κ1) is 15.1. The van der Waals surface area contributed by atoms with Crippen LogP contribution >= 0.6 is 0 Å². The highest BCUT2D eigenvalue weighted by molar-refractivity contribution is 5.67. The van der Waals surface area contributed by atoms with Gasteiger partial charge in [0.05, 0.1) is 4.92 Å². The van der Waals surface area contributed by atoms with Crippen LogP contribution in [0.3, 0.4) is 0 Å². The number of hydrogen-bond donors (Lipinski definition) is 2. The molecule has 0 radical (unpaired) electrons. The highest BCUT2D eigenvalue weighted by Crippen LogP contribution is 2.27. The molecule has 1 rings (SSSR count). The molecule has 0 fully saturated rings. The van der Waals surface area contributed by atoms with Gasteiger partial charge in [-0.1, -0.05) is 33.1 Å². The van der Waals surface area contributed by atoms with Crippen LogP contribution in [0.2, 0.25) is 0 Å². The number of rotatable bonds is 8. The number of anilines is 2. The molecule has 0 aliphatic heterocycles. The van der Waals surface area contributed by atoms with Crippen LogP contribution in [0, 0.1) is 10.1 Å². The first-order chi connectivity index (χ1) is 9.10. The molecule has 19 heavy (non-hydrogen) atoms. The molecule has 0 amide bonds. The van der Waals surface area contributed by atoms with Crippen LogP contribution in [0.4, 0.5) is 17.3 Å². The number of nitrogens with one attached hydrogen (secondary N) is 1. The summed E-state index contributed by atoms with van der Waals surface area (Å²) in [6.07, 6.45) is 6.33. The summed E-state index contributed by atoms with van der Waals surface area (Å²) in [6.45, 7) is 4.21. The van der Waals surface area contributed by atoms with Crippen molar-refractivity contribution in [3.05, 3.63) is 16.4 Å². The van der Waals surface area contributed by atoms with E-state index in [1.54, 1.807) is 0 Å². The predicted molar refractivity (Wildman–Crippen MR) is 74.9 cm³/mol. The lowest BCUT2D eigenvalue weighted by molar-refractivity contribution is -0.383. The third kappa shape index (κ3) is 4.35. The third-order valence-electron chi connectivity index (χ3n) is 2.92. The second kappa shape index (κ2) is 7.50. The SMILES string of the molecule is CCCCC(CCC)Nc1ncnc(N)c1[N+](=O)[O-]. The molecule has 0 aromatic carbocycles. The Hall–Kier alpha value is -1.92. The van der Waals surface area contributed by atoms with Crippen molar-refractivity contribution in [2.24, 2.45) is 0 Å². The smallest absolute Gasteiger partial charge is 0.352 e. The quantitative estimate of drug-likeness (QED) is 0.554. The van der Waals surface area contributed by atoms with Crippen molar-refractivity contribution in [2.75, 3.05) is 11.1 Å². The standard InChI is InChI=1S/C12H21N5O2/c1-3-5-7-9(6-4-2)16-12-10(17(18)19)11(13)14-8-15-12/h8-9H,3-7H2,1-2H3,(H3,13,14,15,16). The summed E-state index contributed by atoms with van der Waals surface area (Å²) in [6, 6.07) is 0.179. The lowest BCUT2D eigenvalue weighted by atomic mass is 10.1. The predicted octanol–water partition coefficient (Wildman–Crippen LogP) is 2.74. The normalized spacial score (nSPS) is 12.1. The van der Waals surface area contributed by atoms with E-state index in [0.717, 1.165) is 32.1 Å². The summed E-state index contributed by atoms with van der Waals surface area (Å²) in [7, 11) is 0. The summed E-state index contributed by atoms with van der Waals surface area (Å²) in [4.78, 5) is 18.1. The number of nitrogens with zero attached hydrogens (tertiary/aromatic N) is 3. The molecule has 1 unspecified atom stereocenters. The number of aromatic nitrogens is 2. The Kier molecular flexibility index (Phi) is 5.98. The zero-order valence-corrected chi connectivity index (χ0v) is 11.4. The molecule has 0 saturated heterocycles. The minimum Gasteiger partial charge on any atom is -0.378 e. The minimum atomic E-state index is -0.541. The van der Waals surface area contributed by atoms with Gasteiger partial charge in [0.25, 0.3) is 0 Å². The van der Waals surface area contributed by atoms with E-state index in [1.807, 2.05) is 0 Å². The lowest BCUT2D eigenvalue weighted by Crippen LogP contribution is -2.21. The van der Waals surface area contributed by atoms with Gasteiger partial charge in [-0.25, -0.2) is 9.97 Å². The zero-order chi connectivity index (χ0) is 14.3. The van der Waals surface area contributed by atoms with Crippen LogP contribution in [0.15, 0.2) is 6.33 Å². The first-order valence-electron chi connectivity index (χ1n) is 6.61. The van der Waals surface area contributed by atoms with Gasteiger partial charge in [0, 0.05) is 6.04 Å². The molecule has 3 N–H and O–H groups in total. The molecule has 1 aromatic rings. The van der Waals surface area contributed by atoms with Crippen LogP contribution in [0.1, 0.15) is 46.0 Å². The molecule has 1 atom stereocenters. The van der Waals surface area contributed by atoms with E-state index in [4.69, 9.17) is 5.73 Å². The van der Waals surface area contributed by atoms with E-state index in [-0.39, 0.29) is 23.4 Å². The molecule has 0 spiro atoms. The average molecular weight is 267 g/mol. The number of nitrogen functional groups attached to an aromatic ring is 1. The average Bonchev–Trinajstić information content (AvgIpc) is 2.35. The highest BCUT2D eigenvalue weighted by atomic mass is 16.6. The summed E-state index contributed by atoms with van der Waals surface area (Å²) < 4.78 is 0. The fraction of sp³-hybridized carbons (Fsp3) is 0.667. The van der Waals surface area contributed by atoms with Crippen molar-refractivity contribution in [3.63, 3.8) is 0 Å². The fourth-order valence-corrected chi connectivity index (χ4v) is 1.96. The highest BCUT2D eigenvalue weighted by Gasteiger charge is 2.22. The van der Waals surface area contributed by atoms with Gasteiger partial charge in [0.1, 0.15) is 6.33 Å². The summed E-state index contributed by atoms with van der Waals surface area (Å²) in [5.41, 5.74) is 5.30. The molecule has 1 heterocycles. The molecule has 0 aliphatic rings. The molecule has 0 bridgehead atoms. The van der Waals surface area contributed by atoms with Gasteiger partial charge in [-0.15, -0.1) is 0 Å². The Morgan fingerprint density at radius 2 is 2.11 bits per heavy atom. The number of hydrogen-bond acceptors (Lipinski definition) is 6. The van der Waals surface area contributed by atoms with E-state index in [2.05, 4.69) is 29.1 Å². The van der Waals surface area contributed by atoms with Crippen LogP contribution < -0.4 is 11.1 Å². The van der Waals surface area contributed by atoms with Crippen molar-refractivity contribution in [1.82, 2.24) is 9.97 Å². The summed E-state index contributed by atoms with van der Waals surface area (Å²) in [5.74, 6) is 0.111. The maximum Gasteiger partial charge on any atom is 0.352 e. The van der Waals surface area contributed by atoms with Crippen LogP contribution in [-0.4, -0.2) is 20.9 Å². The van der Waals surface area contributed by atoms with Gasteiger partial charge in [-0.2, -0.15) is 0 Å². The fourth-order valence-electron chi connectivity index (χ4n) is 1.96. The summed E-state index contributed by atoms with van der Waals surface area (Å²) in [5, 5.41) is 14.1. The van der Waals surface area contributed by atoms with Crippen LogP contribution in [-0.2, 0) is 0 Å². The Balaban J connectivity index is 2.89.